The molecule has 2 aromatic rings. The van der Waals surface area contributed by atoms with Gasteiger partial charge >= 0.3 is 6.18 Å². The van der Waals surface area contributed by atoms with Gasteiger partial charge in [-0.1, -0.05) is 24.3 Å². The van der Waals surface area contributed by atoms with E-state index in [0.29, 0.717) is 5.69 Å². The summed E-state index contributed by atoms with van der Waals surface area (Å²) in [6.07, 6.45) is -3.49. The van der Waals surface area contributed by atoms with Gasteiger partial charge in [-0.2, -0.15) is 13.2 Å². The number of sulfonamides is 1. The van der Waals surface area contributed by atoms with Crippen LogP contribution >= 0.6 is 0 Å². The molecule has 0 aromatic heterocycles. The smallest absolute Gasteiger partial charge is 0.350 e. The van der Waals surface area contributed by atoms with Crippen molar-refractivity contribution >= 4 is 21.6 Å². The van der Waals surface area contributed by atoms with Crippen molar-refractivity contribution in [3.8, 4) is 0 Å². The fourth-order valence-corrected chi connectivity index (χ4v) is 3.28. The van der Waals surface area contributed by atoms with Crippen molar-refractivity contribution in [1.29, 1.82) is 0 Å². The molecule has 0 aliphatic heterocycles. The van der Waals surface area contributed by atoms with Crippen LogP contribution in [0.3, 0.4) is 0 Å². The molecule has 0 aliphatic rings. The van der Waals surface area contributed by atoms with Crippen molar-refractivity contribution in [3.63, 3.8) is 0 Å². The monoisotopic (exact) mass is 400 g/mol. The Morgan fingerprint density at radius 2 is 1.78 bits per heavy atom. The largest absolute Gasteiger partial charge is 0.416 e. The van der Waals surface area contributed by atoms with Crippen molar-refractivity contribution in [2.24, 2.45) is 0 Å². The minimum Gasteiger partial charge on any atom is -0.350 e. The zero-order valence-corrected chi connectivity index (χ0v) is 15.6. The summed E-state index contributed by atoms with van der Waals surface area (Å²) < 4.78 is 63.2. The number of carbonyl (C=O) groups excluding carboxylic acids is 1. The van der Waals surface area contributed by atoms with E-state index in [1.807, 2.05) is 0 Å². The normalized spacial score (nSPS) is 11.9. The average molecular weight is 400 g/mol. The molecule has 2 aromatic carbocycles. The van der Waals surface area contributed by atoms with Crippen LogP contribution in [-0.4, -0.2) is 27.1 Å². The summed E-state index contributed by atoms with van der Waals surface area (Å²) in [5, 5.41) is 2.45. The Morgan fingerprint density at radius 1 is 1.11 bits per heavy atom. The summed E-state index contributed by atoms with van der Waals surface area (Å²) >= 11 is 0. The number of alkyl halides is 3. The van der Waals surface area contributed by atoms with Crippen molar-refractivity contribution in [2.75, 3.05) is 17.1 Å². The zero-order chi connectivity index (χ0) is 20.2. The maximum atomic E-state index is 12.7. The molecule has 146 valence electrons. The van der Waals surface area contributed by atoms with E-state index in [-0.39, 0.29) is 12.1 Å². The van der Waals surface area contributed by atoms with Crippen LogP contribution in [0, 0.1) is 6.92 Å². The number of hydrogen-bond donors (Lipinski definition) is 1. The first-order chi connectivity index (χ1) is 12.5. The Hall–Kier alpha value is -2.55. The quantitative estimate of drug-likeness (QED) is 0.810. The Morgan fingerprint density at radius 3 is 2.37 bits per heavy atom. The summed E-state index contributed by atoms with van der Waals surface area (Å²) in [6.45, 7) is 1.17. The third-order valence-electron chi connectivity index (χ3n) is 3.72. The molecule has 0 saturated carbocycles. The number of amides is 1. The van der Waals surface area contributed by atoms with Crippen LogP contribution in [0.2, 0.25) is 0 Å². The predicted molar refractivity (Wildman–Crippen MR) is 96.7 cm³/mol. The Balaban J connectivity index is 2.09. The van der Waals surface area contributed by atoms with E-state index in [2.05, 4.69) is 5.32 Å². The molecule has 0 aliphatic carbocycles. The lowest BCUT2D eigenvalue weighted by Gasteiger charge is -2.22. The SMILES string of the molecule is Cc1cccc(N(CC(=O)NCc2cccc(C(F)(F)F)c2)S(C)(=O)=O)c1. The van der Waals surface area contributed by atoms with Crippen LogP contribution in [0.1, 0.15) is 16.7 Å². The fraction of sp³-hybridized carbons (Fsp3) is 0.278. The second-order valence-corrected chi connectivity index (χ2v) is 7.99. The molecule has 9 heteroatoms. The Kier molecular flexibility index (Phi) is 6.15. The molecule has 0 spiro atoms. The van der Waals surface area contributed by atoms with Crippen LogP contribution in [-0.2, 0) is 27.5 Å². The van der Waals surface area contributed by atoms with E-state index in [1.165, 1.54) is 12.1 Å². The van der Waals surface area contributed by atoms with Crippen molar-refractivity contribution in [1.82, 2.24) is 5.32 Å². The highest BCUT2D eigenvalue weighted by Gasteiger charge is 2.30. The fourth-order valence-electron chi connectivity index (χ4n) is 2.43. The molecular weight excluding hydrogens is 381 g/mol. The highest BCUT2D eigenvalue weighted by Crippen LogP contribution is 2.29. The number of carbonyl (C=O) groups is 1. The number of nitrogens with one attached hydrogen (secondary N) is 1. The highest BCUT2D eigenvalue weighted by molar-refractivity contribution is 7.92. The van der Waals surface area contributed by atoms with Gasteiger partial charge in [0.05, 0.1) is 17.5 Å². The number of anilines is 1. The molecule has 0 bridgehead atoms. The van der Waals surface area contributed by atoms with Crippen molar-refractivity contribution < 1.29 is 26.4 Å². The molecule has 0 unspecified atom stereocenters. The Labute approximate surface area is 155 Å². The van der Waals surface area contributed by atoms with Gasteiger partial charge in [-0.25, -0.2) is 8.42 Å². The van der Waals surface area contributed by atoms with E-state index in [9.17, 15) is 26.4 Å². The van der Waals surface area contributed by atoms with Gasteiger partial charge in [0.25, 0.3) is 0 Å². The molecule has 2 rings (SSSR count). The standard InChI is InChI=1S/C18H19F3N2O3S/c1-13-5-3-8-16(9-13)23(27(2,25)26)12-17(24)22-11-14-6-4-7-15(10-14)18(19,20)21/h3-10H,11-12H2,1-2H3,(H,22,24). The van der Waals surface area contributed by atoms with Crippen LogP contribution in [0.5, 0.6) is 0 Å². The number of rotatable bonds is 6. The first kappa shape index (κ1) is 20.8. The van der Waals surface area contributed by atoms with Crippen LogP contribution in [0.25, 0.3) is 0 Å². The molecule has 1 N–H and O–H groups in total. The lowest BCUT2D eigenvalue weighted by molar-refractivity contribution is -0.137. The molecule has 0 atom stereocenters. The third kappa shape index (κ3) is 5.99. The third-order valence-corrected chi connectivity index (χ3v) is 4.86. The minimum absolute atomic E-state index is 0.145. The molecule has 0 fully saturated rings. The first-order valence-corrected chi connectivity index (χ1v) is 9.79. The number of nitrogens with zero attached hydrogens (tertiary/aromatic N) is 1. The lowest BCUT2D eigenvalue weighted by atomic mass is 10.1. The van der Waals surface area contributed by atoms with Gasteiger partial charge in [-0.05, 0) is 42.3 Å². The molecule has 1 amide bonds. The van der Waals surface area contributed by atoms with Gasteiger partial charge in [0.2, 0.25) is 15.9 Å². The number of halogens is 3. The maximum absolute atomic E-state index is 12.7. The first-order valence-electron chi connectivity index (χ1n) is 7.94. The number of benzene rings is 2. The molecular formula is C18H19F3N2O3S. The van der Waals surface area contributed by atoms with E-state index in [0.717, 1.165) is 28.3 Å². The van der Waals surface area contributed by atoms with Crippen LogP contribution in [0.4, 0.5) is 18.9 Å². The van der Waals surface area contributed by atoms with Gasteiger partial charge in [-0.3, -0.25) is 9.10 Å². The summed E-state index contributed by atoms with van der Waals surface area (Å²) in [5.74, 6) is -0.626. The van der Waals surface area contributed by atoms with E-state index in [1.54, 1.807) is 31.2 Å². The second kappa shape index (κ2) is 7.99. The average Bonchev–Trinajstić information content (AvgIpc) is 2.56. The van der Waals surface area contributed by atoms with Crippen LogP contribution in [0.15, 0.2) is 48.5 Å². The maximum Gasteiger partial charge on any atom is 0.416 e. The molecule has 0 heterocycles. The van der Waals surface area contributed by atoms with Gasteiger partial charge in [0.1, 0.15) is 6.54 Å². The van der Waals surface area contributed by atoms with Gasteiger partial charge in [-0.15, -0.1) is 0 Å². The zero-order valence-electron chi connectivity index (χ0n) is 14.7. The number of aryl methyl sites for hydroxylation is 1. The molecule has 27 heavy (non-hydrogen) atoms. The molecule has 5 nitrogen and oxygen atoms in total. The Bertz CT molecular complexity index is 927. The van der Waals surface area contributed by atoms with Gasteiger partial charge in [0, 0.05) is 6.54 Å². The highest BCUT2D eigenvalue weighted by atomic mass is 32.2. The van der Waals surface area contributed by atoms with Gasteiger partial charge in [0.15, 0.2) is 0 Å². The summed E-state index contributed by atoms with van der Waals surface area (Å²) in [5.41, 5.74) is 0.614. The molecule has 0 saturated heterocycles. The molecule has 0 radical (unpaired) electrons. The number of hydrogen-bond acceptors (Lipinski definition) is 3. The summed E-state index contributed by atoms with van der Waals surface area (Å²) in [7, 11) is -3.72. The van der Waals surface area contributed by atoms with Gasteiger partial charge < -0.3 is 5.32 Å². The van der Waals surface area contributed by atoms with E-state index in [4.69, 9.17) is 0 Å². The second-order valence-electron chi connectivity index (χ2n) is 6.08. The predicted octanol–water partition coefficient (Wildman–Crippen LogP) is 3.10. The topological polar surface area (TPSA) is 66.5 Å². The minimum atomic E-state index is -4.47. The van der Waals surface area contributed by atoms with E-state index >= 15 is 0 Å². The summed E-state index contributed by atoms with van der Waals surface area (Å²) in [6, 6.07) is 11.2. The van der Waals surface area contributed by atoms with Crippen LogP contribution < -0.4 is 9.62 Å². The van der Waals surface area contributed by atoms with E-state index < -0.39 is 34.2 Å². The van der Waals surface area contributed by atoms with Crippen molar-refractivity contribution in [2.45, 2.75) is 19.6 Å². The summed E-state index contributed by atoms with van der Waals surface area (Å²) in [4.78, 5) is 12.2. The van der Waals surface area contributed by atoms with Crippen molar-refractivity contribution in [3.05, 3.63) is 65.2 Å². The lowest BCUT2D eigenvalue weighted by Crippen LogP contribution is -2.40.